The molecule has 3 aromatic rings. The fourth-order valence-corrected chi connectivity index (χ4v) is 4.62. The number of carbonyl (C=O) groups excluding carboxylic acids is 1. The standard InChI is InChI=1S/C26H30N2O5S/c1-5-20-9-7-8-18(3)26(20)27-25(29)17-33-24-15-14-23(16-19(24)4)34(30,31)28-21-10-12-22(13-11-21)32-6-2/h7-16,28H,5-6,17H2,1-4H3,(H,27,29). The molecule has 0 saturated carbocycles. The summed E-state index contributed by atoms with van der Waals surface area (Å²) in [6.45, 7) is 7.94. The van der Waals surface area contributed by atoms with Crippen LogP contribution in [0.2, 0.25) is 0 Å². The van der Waals surface area contributed by atoms with E-state index in [4.69, 9.17) is 9.47 Å². The SMILES string of the molecule is CCOc1ccc(NS(=O)(=O)c2ccc(OCC(=O)Nc3c(C)cccc3CC)c(C)c2)cc1. The number of carbonyl (C=O) groups is 1. The van der Waals surface area contributed by atoms with Gasteiger partial charge in [0.25, 0.3) is 15.9 Å². The van der Waals surface area contributed by atoms with E-state index >= 15 is 0 Å². The molecule has 3 aromatic carbocycles. The second kappa shape index (κ2) is 11.1. The van der Waals surface area contributed by atoms with Crippen molar-refractivity contribution in [2.45, 2.75) is 39.0 Å². The lowest BCUT2D eigenvalue weighted by atomic mass is 10.1. The molecule has 0 atom stereocenters. The molecule has 3 rings (SSSR count). The second-order valence-corrected chi connectivity index (χ2v) is 9.47. The molecule has 0 spiro atoms. The largest absolute Gasteiger partial charge is 0.494 e. The summed E-state index contributed by atoms with van der Waals surface area (Å²) in [6.07, 6.45) is 0.803. The van der Waals surface area contributed by atoms with E-state index in [0.717, 1.165) is 23.2 Å². The minimum Gasteiger partial charge on any atom is -0.494 e. The molecular weight excluding hydrogens is 452 g/mol. The Morgan fingerprint density at radius 2 is 1.65 bits per heavy atom. The minimum atomic E-state index is -3.79. The van der Waals surface area contributed by atoms with Gasteiger partial charge >= 0.3 is 0 Å². The molecule has 34 heavy (non-hydrogen) atoms. The van der Waals surface area contributed by atoms with Crippen LogP contribution >= 0.6 is 0 Å². The van der Waals surface area contributed by atoms with Crippen molar-refractivity contribution in [3.63, 3.8) is 0 Å². The maximum atomic E-state index is 12.8. The molecule has 8 heteroatoms. The normalized spacial score (nSPS) is 11.1. The average Bonchev–Trinajstić information content (AvgIpc) is 2.81. The monoisotopic (exact) mass is 482 g/mol. The van der Waals surface area contributed by atoms with Crippen LogP contribution in [-0.2, 0) is 21.2 Å². The van der Waals surface area contributed by atoms with Gasteiger partial charge in [0.05, 0.1) is 11.5 Å². The van der Waals surface area contributed by atoms with Crippen molar-refractivity contribution in [1.82, 2.24) is 0 Å². The molecule has 2 N–H and O–H groups in total. The Bertz CT molecular complexity index is 1250. The number of sulfonamides is 1. The Morgan fingerprint density at radius 1 is 0.912 bits per heavy atom. The lowest BCUT2D eigenvalue weighted by Crippen LogP contribution is -2.21. The molecule has 180 valence electrons. The summed E-state index contributed by atoms with van der Waals surface area (Å²) in [5, 5.41) is 2.92. The van der Waals surface area contributed by atoms with Gasteiger partial charge in [-0.05, 0) is 86.3 Å². The lowest BCUT2D eigenvalue weighted by Gasteiger charge is -2.15. The zero-order valence-electron chi connectivity index (χ0n) is 19.8. The van der Waals surface area contributed by atoms with Crippen LogP contribution in [0.3, 0.4) is 0 Å². The van der Waals surface area contributed by atoms with Crippen LogP contribution in [0.5, 0.6) is 11.5 Å². The minimum absolute atomic E-state index is 0.100. The number of amides is 1. The summed E-state index contributed by atoms with van der Waals surface area (Å²) in [4.78, 5) is 12.6. The summed E-state index contributed by atoms with van der Waals surface area (Å²) in [6, 6.07) is 17.1. The molecule has 0 aliphatic carbocycles. The zero-order valence-corrected chi connectivity index (χ0v) is 20.7. The fourth-order valence-electron chi connectivity index (χ4n) is 3.47. The summed E-state index contributed by atoms with van der Waals surface area (Å²) >= 11 is 0. The van der Waals surface area contributed by atoms with Crippen LogP contribution in [0, 0.1) is 13.8 Å². The van der Waals surface area contributed by atoms with Crippen LogP contribution in [0.1, 0.15) is 30.5 Å². The predicted molar refractivity (Wildman–Crippen MR) is 134 cm³/mol. The number of hydrogen-bond acceptors (Lipinski definition) is 5. The van der Waals surface area contributed by atoms with Crippen LogP contribution in [0.4, 0.5) is 11.4 Å². The smallest absolute Gasteiger partial charge is 0.262 e. The quantitative estimate of drug-likeness (QED) is 0.420. The summed E-state index contributed by atoms with van der Waals surface area (Å²) in [7, 11) is -3.79. The van der Waals surface area contributed by atoms with E-state index in [1.165, 1.54) is 12.1 Å². The summed E-state index contributed by atoms with van der Waals surface area (Å²) in [5.41, 5.74) is 3.88. The van der Waals surface area contributed by atoms with Crippen molar-refractivity contribution < 1.29 is 22.7 Å². The second-order valence-electron chi connectivity index (χ2n) is 7.79. The number of para-hydroxylation sites is 1. The number of nitrogens with one attached hydrogen (secondary N) is 2. The topological polar surface area (TPSA) is 93.7 Å². The molecular formula is C26H30N2O5S. The van der Waals surface area contributed by atoms with Gasteiger partial charge < -0.3 is 14.8 Å². The third-order valence-corrected chi connectivity index (χ3v) is 6.62. The number of rotatable bonds is 10. The van der Waals surface area contributed by atoms with Gasteiger partial charge in [0, 0.05) is 11.4 Å². The first-order valence-electron chi connectivity index (χ1n) is 11.1. The summed E-state index contributed by atoms with van der Waals surface area (Å²) in [5.74, 6) is 0.827. The van der Waals surface area contributed by atoms with Crippen LogP contribution in [0.15, 0.2) is 65.6 Å². The zero-order chi connectivity index (χ0) is 24.7. The third kappa shape index (κ3) is 6.29. The number of aryl methyl sites for hydroxylation is 3. The molecule has 0 saturated heterocycles. The van der Waals surface area contributed by atoms with Gasteiger partial charge in [0.1, 0.15) is 11.5 Å². The van der Waals surface area contributed by atoms with Crippen molar-refractivity contribution >= 4 is 27.3 Å². The highest BCUT2D eigenvalue weighted by atomic mass is 32.2. The maximum absolute atomic E-state index is 12.8. The molecule has 0 aliphatic rings. The first-order chi connectivity index (χ1) is 16.2. The molecule has 0 heterocycles. The van der Waals surface area contributed by atoms with Gasteiger partial charge in [-0.3, -0.25) is 9.52 Å². The molecule has 7 nitrogen and oxygen atoms in total. The highest BCUT2D eigenvalue weighted by molar-refractivity contribution is 7.92. The summed E-state index contributed by atoms with van der Waals surface area (Å²) < 4.78 is 39.2. The Hall–Kier alpha value is -3.52. The highest BCUT2D eigenvalue weighted by Gasteiger charge is 2.17. The van der Waals surface area contributed by atoms with Gasteiger partial charge in [-0.1, -0.05) is 25.1 Å². The molecule has 0 aromatic heterocycles. The van der Waals surface area contributed by atoms with Gasteiger partial charge in [0.2, 0.25) is 0 Å². The van der Waals surface area contributed by atoms with Gasteiger partial charge in [-0.2, -0.15) is 0 Å². The van der Waals surface area contributed by atoms with Gasteiger partial charge in [-0.25, -0.2) is 8.42 Å². The van der Waals surface area contributed by atoms with Crippen LogP contribution in [0.25, 0.3) is 0 Å². The van der Waals surface area contributed by atoms with Crippen LogP contribution < -0.4 is 19.5 Å². The number of benzene rings is 3. The fraction of sp³-hybridized carbons (Fsp3) is 0.269. The van der Waals surface area contributed by atoms with Crippen molar-refractivity contribution in [1.29, 1.82) is 0 Å². The number of anilines is 2. The molecule has 0 unspecified atom stereocenters. The molecule has 0 radical (unpaired) electrons. The molecule has 0 aliphatic heterocycles. The van der Waals surface area contributed by atoms with Crippen molar-refractivity contribution in [3.8, 4) is 11.5 Å². The molecule has 0 fully saturated rings. The first kappa shape index (κ1) is 25.1. The maximum Gasteiger partial charge on any atom is 0.262 e. The Kier molecular flexibility index (Phi) is 8.17. The van der Waals surface area contributed by atoms with E-state index in [9.17, 15) is 13.2 Å². The van der Waals surface area contributed by atoms with Crippen molar-refractivity contribution in [2.75, 3.05) is 23.3 Å². The lowest BCUT2D eigenvalue weighted by molar-refractivity contribution is -0.118. The van der Waals surface area contributed by atoms with E-state index in [2.05, 4.69) is 10.0 Å². The van der Waals surface area contributed by atoms with E-state index < -0.39 is 10.0 Å². The van der Waals surface area contributed by atoms with E-state index in [1.54, 1.807) is 37.3 Å². The van der Waals surface area contributed by atoms with Crippen molar-refractivity contribution in [3.05, 3.63) is 77.4 Å². The van der Waals surface area contributed by atoms with E-state index in [0.29, 0.717) is 29.4 Å². The Balaban J connectivity index is 1.65. The van der Waals surface area contributed by atoms with Crippen molar-refractivity contribution in [2.24, 2.45) is 0 Å². The number of ether oxygens (including phenoxy) is 2. The molecule has 0 bridgehead atoms. The Labute approximate surface area is 201 Å². The number of hydrogen-bond donors (Lipinski definition) is 2. The van der Waals surface area contributed by atoms with Gasteiger partial charge in [0.15, 0.2) is 6.61 Å². The van der Waals surface area contributed by atoms with E-state index in [-0.39, 0.29) is 17.4 Å². The first-order valence-corrected chi connectivity index (χ1v) is 12.6. The van der Waals surface area contributed by atoms with E-state index in [1.807, 2.05) is 39.0 Å². The Morgan fingerprint density at radius 3 is 2.29 bits per heavy atom. The van der Waals surface area contributed by atoms with Gasteiger partial charge in [-0.15, -0.1) is 0 Å². The predicted octanol–water partition coefficient (Wildman–Crippen LogP) is 5.08. The van der Waals surface area contributed by atoms with Crippen LogP contribution in [-0.4, -0.2) is 27.5 Å². The highest BCUT2D eigenvalue weighted by Crippen LogP contribution is 2.25. The average molecular weight is 483 g/mol. The molecule has 1 amide bonds. The third-order valence-electron chi connectivity index (χ3n) is 5.24.